The van der Waals surface area contributed by atoms with Crippen LogP contribution in [-0.2, 0) is 10.0 Å². The van der Waals surface area contributed by atoms with E-state index in [0.717, 1.165) is 13.0 Å². The Hall–Kier alpha value is -0.130. The first-order valence-corrected chi connectivity index (χ1v) is 7.91. The van der Waals surface area contributed by atoms with E-state index in [1.54, 1.807) is 18.2 Å². The fourth-order valence-electron chi connectivity index (χ4n) is 3.03. The van der Waals surface area contributed by atoms with Crippen LogP contribution >= 0.6 is 0 Å². The summed E-state index contributed by atoms with van der Waals surface area (Å²) in [6.45, 7) is 11.7. The van der Waals surface area contributed by atoms with Gasteiger partial charge in [0.25, 0.3) is 0 Å². The largest absolute Gasteiger partial charge is 0.293 e. The van der Waals surface area contributed by atoms with Crippen LogP contribution in [0.4, 0.5) is 0 Å². The predicted octanol–water partition coefficient (Wildman–Crippen LogP) is 1.28. The van der Waals surface area contributed by atoms with Gasteiger partial charge in [-0.05, 0) is 41.0 Å². The number of piperazine rings is 1. The van der Waals surface area contributed by atoms with Crippen LogP contribution < -0.4 is 0 Å². The fraction of sp³-hybridized carbons (Fsp3) is 1.00. The lowest BCUT2D eigenvalue weighted by Gasteiger charge is -2.41. The molecule has 0 N–H and O–H groups in total. The third kappa shape index (κ3) is 2.13. The molecule has 0 radical (unpaired) electrons. The van der Waals surface area contributed by atoms with Gasteiger partial charge in [-0.2, -0.15) is 4.31 Å². The Morgan fingerprint density at radius 1 is 1.12 bits per heavy atom. The SMILES string of the molecule is CC(C)S(=O)(=O)N1CC2CC1CN2C(C)(C)C. The summed E-state index contributed by atoms with van der Waals surface area (Å²) in [6.07, 6.45) is 1.00. The molecule has 2 saturated heterocycles. The minimum absolute atomic E-state index is 0.146. The number of rotatable bonds is 2. The Kier molecular flexibility index (Phi) is 3.08. The maximum absolute atomic E-state index is 12.2. The Labute approximate surface area is 105 Å². The van der Waals surface area contributed by atoms with Crippen LogP contribution in [0.25, 0.3) is 0 Å². The fourth-order valence-corrected chi connectivity index (χ4v) is 4.52. The van der Waals surface area contributed by atoms with Gasteiger partial charge in [-0.3, -0.25) is 4.90 Å². The first-order valence-electron chi connectivity index (χ1n) is 6.41. The molecule has 17 heavy (non-hydrogen) atoms. The number of fused-ring (bicyclic) bond motifs is 2. The molecule has 2 aliphatic rings. The second-order valence-electron chi connectivity index (χ2n) is 6.53. The minimum atomic E-state index is -3.07. The van der Waals surface area contributed by atoms with E-state index in [1.165, 1.54) is 0 Å². The van der Waals surface area contributed by atoms with Gasteiger partial charge in [0, 0.05) is 30.7 Å². The predicted molar refractivity (Wildman–Crippen MR) is 69.4 cm³/mol. The molecule has 100 valence electrons. The summed E-state index contributed by atoms with van der Waals surface area (Å²) in [5.74, 6) is 0. The van der Waals surface area contributed by atoms with Crippen molar-refractivity contribution in [2.24, 2.45) is 0 Å². The normalized spacial score (nSPS) is 31.6. The van der Waals surface area contributed by atoms with Gasteiger partial charge in [-0.15, -0.1) is 0 Å². The second-order valence-corrected chi connectivity index (χ2v) is 8.97. The van der Waals surface area contributed by atoms with Gasteiger partial charge in [0.15, 0.2) is 0 Å². The summed E-state index contributed by atoms with van der Waals surface area (Å²) in [4.78, 5) is 2.45. The van der Waals surface area contributed by atoms with E-state index in [4.69, 9.17) is 0 Å². The van der Waals surface area contributed by atoms with Crippen molar-refractivity contribution in [1.29, 1.82) is 0 Å². The quantitative estimate of drug-likeness (QED) is 0.751. The molecule has 2 atom stereocenters. The van der Waals surface area contributed by atoms with E-state index >= 15 is 0 Å². The van der Waals surface area contributed by atoms with Crippen molar-refractivity contribution < 1.29 is 8.42 Å². The van der Waals surface area contributed by atoms with E-state index in [9.17, 15) is 8.42 Å². The minimum Gasteiger partial charge on any atom is -0.293 e. The van der Waals surface area contributed by atoms with Gasteiger partial charge < -0.3 is 0 Å². The smallest absolute Gasteiger partial charge is 0.216 e. The zero-order valence-electron chi connectivity index (χ0n) is 11.5. The van der Waals surface area contributed by atoms with Crippen molar-refractivity contribution in [3.63, 3.8) is 0 Å². The molecular weight excluding hydrogens is 236 g/mol. The van der Waals surface area contributed by atoms with Crippen LogP contribution in [0.5, 0.6) is 0 Å². The zero-order valence-corrected chi connectivity index (χ0v) is 12.3. The highest BCUT2D eigenvalue weighted by Gasteiger charge is 2.50. The number of likely N-dealkylation sites (tertiary alicyclic amines) is 1. The maximum Gasteiger partial charge on any atom is 0.216 e. The van der Waals surface area contributed by atoms with Crippen molar-refractivity contribution in [1.82, 2.24) is 9.21 Å². The second kappa shape index (κ2) is 3.93. The molecule has 2 heterocycles. The summed E-state index contributed by atoms with van der Waals surface area (Å²) in [5, 5.41) is -0.301. The molecule has 2 bridgehead atoms. The highest BCUT2D eigenvalue weighted by Crippen LogP contribution is 2.37. The molecular formula is C12H24N2O2S. The summed E-state index contributed by atoms with van der Waals surface area (Å²) in [7, 11) is -3.07. The topological polar surface area (TPSA) is 40.6 Å². The van der Waals surface area contributed by atoms with Crippen molar-refractivity contribution in [2.75, 3.05) is 13.1 Å². The lowest BCUT2D eigenvalue weighted by Crippen LogP contribution is -2.55. The van der Waals surface area contributed by atoms with Gasteiger partial charge >= 0.3 is 0 Å². The van der Waals surface area contributed by atoms with Crippen LogP contribution in [0.2, 0.25) is 0 Å². The van der Waals surface area contributed by atoms with E-state index in [1.807, 2.05) is 0 Å². The molecule has 2 rings (SSSR count). The molecule has 4 nitrogen and oxygen atoms in total. The molecule has 0 amide bonds. The number of hydrogen-bond acceptors (Lipinski definition) is 3. The molecule has 2 aliphatic heterocycles. The standard InChI is InChI=1S/C12H24N2O2S/c1-9(2)17(15,16)14-8-10-6-11(14)7-13(10)12(3,4)5/h9-11H,6-8H2,1-5H3. The van der Waals surface area contributed by atoms with Gasteiger partial charge in [-0.1, -0.05) is 0 Å². The highest BCUT2D eigenvalue weighted by atomic mass is 32.2. The number of hydrogen-bond donors (Lipinski definition) is 0. The van der Waals surface area contributed by atoms with Gasteiger partial charge in [-0.25, -0.2) is 8.42 Å². The van der Waals surface area contributed by atoms with Gasteiger partial charge in [0.1, 0.15) is 0 Å². The molecule has 0 aliphatic carbocycles. The van der Waals surface area contributed by atoms with Crippen molar-refractivity contribution in [2.45, 2.75) is 63.9 Å². The monoisotopic (exact) mass is 260 g/mol. The van der Waals surface area contributed by atoms with Gasteiger partial charge in [0.05, 0.1) is 5.25 Å². The van der Waals surface area contributed by atoms with Gasteiger partial charge in [0.2, 0.25) is 10.0 Å². The maximum atomic E-state index is 12.2. The summed E-state index contributed by atoms with van der Waals surface area (Å²) < 4.78 is 26.1. The molecule has 0 spiro atoms. The summed E-state index contributed by atoms with van der Waals surface area (Å²) in [6, 6.07) is 0.611. The molecule has 0 aromatic heterocycles. The average molecular weight is 260 g/mol. The van der Waals surface area contributed by atoms with Crippen molar-refractivity contribution in [3.8, 4) is 0 Å². The Balaban J connectivity index is 2.14. The Bertz CT molecular complexity index is 397. The number of nitrogens with zero attached hydrogens (tertiary/aromatic N) is 2. The first kappa shape index (κ1) is 13.3. The summed E-state index contributed by atoms with van der Waals surface area (Å²) in [5.41, 5.74) is 0.146. The lowest BCUT2D eigenvalue weighted by molar-refractivity contribution is 0.0837. The Morgan fingerprint density at radius 3 is 2.06 bits per heavy atom. The highest BCUT2D eigenvalue weighted by molar-refractivity contribution is 7.89. The molecule has 2 fully saturated rings. The van der Waals surface area contributed by atoms with E-state index in [2.05, 4.69) is 25.7 Å². The molecule has 2 unspecified atom stereocenters. The molecule has 0 aromatic carbocycles. The van der Waals surface area contributed by atoms with E-state index in [0.29, 0.717) is 12.6 Å². The third-order valence-corrected chi connectivity index (χ3v) is 6.27. The number of sulfonamides is 1. The molecule has 5 heteroatoms. The third-order valence-electron chi connectivity index (χ3n) is 3.97. The average Bonchev–Trinajstić information content (AvgIpc) is 2.74. The first-order chi connectivity index (χ1) is 7.64. The van der Waals surface area contributed by atoms with Crippen LogP contribution in [0, 0.1) is 0 Å². The lowest BCUT2D eigenvalue weighted by atomic mass is 10.0. The molecule has 0 aromatic rings. The van der Waals surface area contributed by atoms with Crippen LogP contribution in [0.3, 0.4) is 0 Å². The van der Waals surface area contributed by atoms with Crippen molar-refractivity contribution >= 4 is 10.0 Å². The summed E-state index contributed by atoms with van der Waals surface area (Å²) >= 11 is 0. The van der Waals surface area contributed by atoms with Crippen LogP contribution in [-0.4, -0.2) is 53.6 Å². The zero-order chi connectivity index (χ0) is 13.0. The van der Waals surface area contributed by atoms with Crippen LogP contribution in [0.15, 0.2) is 0 Å². The van der Waals surface area contributed by atoms with Crippen molar-refractivity contribution in [3.05, 3.63) is 0 Å². The van der Waals surface area contributed by atoms with E-state index < -0.39 is 10.0 Å². The van der Waals surface area contributed by atoms with Crippen LogP contribution in [0.1, 0.15) is 41.0 Å². The molecule has 0 saturated carbocycles. The Morgan fingerprint density at radius 2 is 1.71 bits per heavy atom. The van der Waals surface area contributed by atoms with E-state index in [-0.39, 0.29) is 16.8 Å².